The fourth-order valence-corrected chi connectivity index (χ4v) is 2.49. The van der Waals surface area contributed by atoms with Crippen LogP contribution in [0.1, 0.15) is 6.42 Å². The Labute approximate surface area is 124 Å². The minimum atomic E-state index is 0.799. The topological polar surface area (TPSA) is 24.5 Å². The molecule has 0 saturated carbocycles. The van der Waals surface area contributed by atoms with Gasteiger partial charge >= 0.3 is 0 Å². The number of para-hydroxylation sites is 1. The van der Waals surface area contributed by atoms with Crippen molar-refractivity contribution in [2.75, 3.05) is 18.0 Å². The van der Waals surface area contributed by atoms with Gasteiger partial charge in [-0.3, -0.25) is 0 Å². The largest absolute Gasteiger partial charge is 0.457 e. The molecule has 0 amide bonds. The number of nitrogens with one attached hydrogen (secondary N) is 1. The molecular weight excluding hydrogens is 268 g/mol. The maximum Gasteiger partial charge on any atom is 0.173 e. The van der Waals surface area contributed by atoms with Gasteiger partial charge in [-0.2, -0.15) is 0 Å². The van der Waals surface area contributed by atoms with Gasteiger partial charge in [0.15, 0.2) is 5.11 Å². The molecule has 20 heavy (non-hydrogen) atoms. The maximum absolute atomic E-state index is 5.78. The number of hydrogen-bond acceptors (Lipinski definition) is 2. The van der Waals surface area contributed by atoms with Crippen molar-refractivity contribution < 1.29 is 4.74 Å². The van der Waals surface area contributed by atoms with Crippen LogP contribution in [0.15, 0.2) is 54.6 Å². The van der Waals surface area contributed by atoms with E-state index in [1.54, 1.807) is 0 Å². The Morgan fingerprint density at radius 2 is 1.65 bits per heavy atom. The van der Waals surface area contributed by atoms with Crippen LogP contribution < -0.4 is 15.0 Å². The van der Waals surface area contributed by atoms with E-state index < -0.39 is 0 Å². The second-order valence-corrected chi connectivity index (χ2v) is 5.03. The van der Waals surface area contributed by atoms with Gasteiger partial charge in [-0.05, 0) is 55.0 Å². The molecule has 1 heterocycles. The highest BCUT2D eigenvalue weighted by molar-refractivity contribution is 7.80. The summed E-state index contributed by atoms with van der Waals surface area (Å²) in [5.41, 5.74) is 1.10. The van der Waals surface area contributed by atoms with Gasteiger partial charge in [-0.25, -0.2) is 0 Å². The average molecular weight is 284 g/mol. The van der Waals surface area contributed by atoms with Crippen molar-refractivity contribution in [3.63, 3.8) is 0 Å². The number of anilines is 1. The summed E-state index contributed by atoms with van der Waals surface area (Å²) in [5, 5.41) is 4.01. The predicted molar refractivity (Wildman–Crippen MR) is 85.5 cm³/mol. The maximum atomic E-state index is 5.78. The molecule has 3 rings (SSSR count). The summed E-state index contributed by atoms with van der Waals surface area (Å²) in [6, 6.07) is 17.8. The Bertz CT molecular complexity index is 583. The molecule has 2 aromatic carbocycles. The lowest BCUT2D eigenvalue weighted by atomic mass is 10.2. The zero-order valence-electron chi connectivity index (χ0n) is 11.1. The van der Waals surface area contributed by atoms with E-state index in [0.29, 0.717) is 0 Å². The van der Waals surface area contributed by atoms with Crippen molar-refractivity contribution in [1.82, 2.24) is 5.32 Å². The van der Waals surface area contributed by atoms with Crippen molar-refractivity contribution in [1.29, 1.82) is 0 Å². The van der Waals surface area contributed by atoms with E-state index in [2.05, 4.69) is 10.2 Å². The molecular formula is C16H16N2OS. The van der Waals surface area contributed by atoms with Gasteiger partial charge in [0.05, 0.1) is 0 Å². The summed E-state index contributed by atoms with van der Waals surface area (Å²) in [7, 11) is 0. The molecule has 1 aliphatic heterocycles. The Balaban J connectivity index is 1.72. The van der Waals surface area contributed by atoms with Gasteiger partial charge in [-0.1, -0.05) is 18.2 Å². The monoisotopic (exact) mass is 284 g/mol. The van der Waals surface area contributed by atoms with E-state index in [4.69, 9.17) is 17.0 Å². The molecule has 1 fully saturated rings. The minimum absolute atomic E-state index is 0.799. The van der Waals surface area contributed by atoms with E-state index in [9.17, 15) is 0 Å². The molecule has 1 saturated heterocycles. The van der Waals surface area contributed by atoms with Crippen LogP contribution in [0.4, 0.5) is 5.69 Å². The van der Waals surface area contributed by atoms with E-state index in [-0.39, 0.29) is 0 Å². The highest BCUT2D eigenvalue weighted by atomic mass is 32.1. The van der Waals surface area contributed by atoms with Crippen molar-refractivity contribution >= 4 is 23.0 Å². The second-order valence-electron chi connectivity index (χ2n) is 4.65. The quantitative estimate of drug-likeness (QED) is 0.871. The van der Waals surface area contributed by atoms with Gasteiger partial charge in [0.1, 0.15) is 11.5 Å². The van der Waals surface area contributed by atoms with Crippen LogP contribution >= 0.6 is 12.2 Å². The third-order valence-corrected chi connectivity index (χ3v) is 3.57. The van der Waals surface area contributed by atoms with E-state index >= 15 is 0 Å². The summed E-state index contributed by atoms with van der Waals surface area (Å²) in [5.74, 6) is 1.67. The van der Waals surface area contributed by atoms with Crippen LogP contribution in [0.5, 0.6) is 11.5 Å². The van der Waals surface area contributed by atoms with Crippen molar-refractivity contribution in [2.45, 2.75) is 6.42 Å². The molecule has 1 aliphatic rings. The molecule has 102 valence electrons. The zero-order chi connectivity index (χ0) is 13.8. The first-order valence-corrected chi connectivity index (χ1v) is 7.12. The van der Waals surface area contributed by atoms with E-state index in [1.165, 1.54) is 0 Å². The standard InChI is InChI=1S/C16H16N2OS/c20-16-17-11-4-12-18(16)13-7-9-15(10-8-13)19-14-5-2-1-3-6-14/h1-3,5-10H,4,11-12H2,(H,17,20). The summed E-state index contributed by atoms with van der Waals surface area (Å²) < 4.78 is 5.78. The molecule has 0 bridgehead atoms. The molecule has 3 nitrogen and oxygen atoms in total. The average Bonchev–Trinajstić information content (AvgIpc) is 2.50. The van der Waals surface area contributed by atoms with Gasteiger partial charge < -0.3 is 15.0 Å². The Morgan fingerprint density at radius 1 is 0.950 bits per heavy atom. The third kappa shape index (κ3) is 2.91. The van der Waals surface area contributed by atoms with Crippen LogP contribution in [0, 0.1) is 0 Å². The van der Waals surface area contributed by atoms with Crippen molar-refractivity contribution in [3.8, 4) is 11.5 Å². The van der Waals surface area contributed by atoms with Crippen LogP contribution in [-0.4, -0.2) is 18.2 Å². The van der Waals surface area contributed by atoms with Crippen LogP contribution in [0.2, 0.25) is 0 Å². The van der Waals surface area contributed by atoms with Crippen LogP contribution in [0.3, 0.4) is 0 Å². The molecule has 0 aliphatic carbocycles. The number of hydrogen-bond donors (Lipinski definition) is 1. The summed E-state index contributed by atoms with van der Waals surface area (Å²) in [6.07, 6.45) is 1.10. The number of benzene rings is 2. The lowest BCUT2D eigenvalue weighted by molar-refractivity contribution is 0.482. The first kappa shape index (κ1) is 12.9. The number of nitrogens with zero attached hydrogens (tertiary/aromatic N) is 1. The molecule has 4 heteroatoms. The fraction of sp³-hybridized carbons (Fsp3) is 0.188. The fourth-order valence-electron chi connectivity index (χ4n) is 2.19. The summed E-state index contributed by atoms with van der Waals surface area (Å²) in [6.45, 7) is 1.93. The molecule has 2 aromatic rings. The van der Waals surface area contributed by atoms with Crippen molar-refractivity contribution in [2.24, 2.45) is 0 Å². The first-order valence-electron chi connectivity index (χ1n) is 6.71. The van der Waals surface area contributed by atoms with E-state index in [1.807, 2.05) is 54.6 Å². The summed E-state index contributed by atoms with van der Waals surface area (Å²) >= 11 is 5.33. The van der Waals surface area contributed by atoms with Crippen LogP contribution in [0.25, 0.3) is 0 Å². The molecule has 0 unspecified atom stereocenters. The normalized spacial score (nSPS) is 14.8. The number of thiocarbonyl (C=S) groups is 1. The Kier molecular flexibility index (Phi) is 3.83. The van der Waals surface area contributed by atoms with Crippen molar-refractivity contribution in [3.05, 3.63) is 54.6 Å². The molecule has 1 N–H and O–H groups in total. The smallest absolute Gasteiger partial charge is 0.173 e. The van der Waals surface area contributed by atoms with E-state index in [0.717, 1.165) is 41.8 Å². The van der Waals surface area contributed by atoms with Gasteiger partial charge in [0.25, 0.3) is 0 Å². The third-order valence-electron chi connectivity index (χ3n) is 3.21. The van der Waals surface area contributed by atoms with Crippen LogP contribution in [-0.2, 0) is 0 Å². The lowest BCUT2D eigenvalue weighted by Gasteiger charge is -2.30. The molecule has 0 spiro atoms. The van der Waals surface area contributed by atoms with Gasteiger partial charge in [0, 0.05) is 18.8 Å². The number of ether oxygens (including phenoxy) is 1. The molecule has 0 atom stereocenters. The predicted octanol–water partition coefficient (Wildman–Crippen LogP) is 3.56. The van der Waals surface area contributed by atoms with Gasteiger partial charge in [0.2, 0.25) is 0 Å². The van der Waals surface area contributed by atoms with Gasteiger partial charge in [-0.15, -0.1) is 0 Å². The summed E-state index contributed by atoms with van der Waals surface area (Å²) in [4.78, 5) is 2.12. The molecule has 0 aromatic heterocycles. The zero-order valence-corrected chi connectivity index (χ0v) is 11.9. The highest BCUT2D eigenvalue weighted by Gasteiger charge is 2.15. The minimum Gasteiger partial charge on any atom is -0.457 e. The Morgan fingerprint density at radius 3 is 2.35 bits per heavy atom. The molecule has 0 radical (unpaired) electrons. The first-order chi connectivity index (χ1) is 9.83. The Hall–Kier alpha value is -2.07. The SMILES string of the molecule is S=C1NCCCN1c1ccc(Oc2ccccc2)cc1. The number of rotatable bonds is 3. The lowest BCUT2D eigenvalue weighted by Crippen LogP contribution is -2.46. The highest BCUT2D eigenvalue weighted by Crippen LogP contribution is 2.25. The second kappa shape index (κ2) is 5.92.